The maximum absolute atomic E-state index is 11.9. The second-order valence-corrected chi connectivity index (χ2v) is 5.34. The molecule has 0 fully saturated rings. The van der Waals surface area contributed by atoms with Crippen molar-refractivity contribution in [2.75, 3.05) is 40.3 Å². The van der Waals surface area contributed by atoms with E-state index < -0.39 is 0 Å². The van der Waals surface area contributed by atoms with Crippen molar-refractivity contribution in [1.82, 2.24) is 5.43 Å². The summed E-state index contributed by atoms with van der Waals surface area (Å²) in [7, 11) is 6.18. The summed E-state index contributed by atoms with van der Waals surface area (Å²) < 4.78 is 21.0. The molecule has 1 amide bonds. The van der Waals surface area contributed by atoms with E-state index in [1.165, 1.54) is 27.5 Å². The van der Waals surface area contributed by atoms with E-state index in [-0.39, 0.29) is 12.5 Å². The van der Waals surface area contributed by atoms with E-state index in [9.17, 15) is 4.79 Å². The molecule has 0 unspecified atom stereocenters. The molecule has 0 saturated carbocycles. The number of rotatable bonds is 9. The Morgan fingerprint density at radius 2 is 1.70 bits per heavy atom. The van der Waals surface area contributed by atoms with E-state index in [1.54, 1.807) is 25.3 Å². The zero-order chi connectivity index (χ0) is 19.6. The fourth-order valence-electron chi connectivity index (χ4n) is 2.31. The Bertz CT molecular complexity index is 783. The molecule has 2 aromatic carbocycles. The lowest BCUT2D eigenvalue weighted by Crippen LogP contribution is -2.25. The normalized spacial score (nSPS) is 10.4. The van der Waals surface area contributed by atoms with Crippen LogP contribution in [-0.2, 0) is 4.79 Å². The molecule has 0 aliphatic heterocycles. The van der Waals surface area contributed by atoms with Crippen LogP contribution in [0.2, 0.25) is 0 Å². The lowest BCUT2D eigenvalue weighted by atomic mass is 10.2. The number of amides is 1. The van der Waals surface area contributed by atoms with Crippen LogP contribution in [0.25, 0.3) is 0 Å². The lowest BCUT2D eigenvalue weighted by Gasteiger charge is -2.12. The van der Waals surface area contributed by atoms with Crippen molar-refractivity contribution >= 4 is 17.8 Å². The highest BCUT2D eigenvalue weighted by molar-refractivity contribution is 5.85. The Balaban J connectivity index is 1.95. The van der Waals surface area contributed by atoms with E-state index in [1.807, 2.05) is 18.2 Å². The standard InChI is InChI=1S/C19H23N3O5/c1-24-15-7-5-6-14(10-15)20-12-18(23)22-21-11-13-8-16(25-2)19(27-4)17(9-13)26-3/h5-11,20H,12H2,1-4H3,(H,22,23)/b21-11-. The van der Waals surface area contributed by atoms with Gasteiger partial charge < -0.3 is 24.3 Å². The number of nitrogens with zero attached hydrogens (tertiary/aromatic N) is 1. The minimum absolute atomic E-state index is 0.0692. The van der Waals surface area contributed by atoms with Gasteiger partial charge in [-0.05, 0) is 24.3 Å². The predicted molar refractivity (Wildman–Crippen MR) is 103 cm³/mol. The molecule has 2 aromatic rings. The number of nitrogens with one attached hydrogen (secondary N) is 2. The first-order chi connectivity index (χ1) is 13.1. The smallest absolute Gasteiger partial charge is 0.259 e. The summed E-state index contributed by atoms with van der Waals surface area (Å²) in [6.45, 7) is 0.0692. The van der Waals surface area contributed by atoms with Crippen LogP contribution in [0, 0.1) is 0 Å². The van der Waals surface area contributed by atoms with Gasteiger partial charge in [0.15, 0.2) is 11.5 Å². The minimum atomic E-state index is -0.290. The molecule has 8 heteroatoms. The van der Waals surface area contributed by atoms with Gasteiger partial charge in [0, 0.05) is 17.3 Å². The van der Waals surface area contributed by atoms with Gasteiger partial charge in [0.25, 0.3) is 5.91 Å². The average Bonchev–Trinajstić information content (AvgIpc) is 2.71. The van der Waals surface area contributed by atoms with Crippen LogP contribution in [0.4, 0.5) is 5.69 Å². The predicted octanol–water partition coefficient (Wildman–Crippen LogP) is 2.28. The molecule has 0 heterocycles. The van der Waals surface area contributed by atoms with Crippen LogP contribution < -0.4 is 29.7 Å². The first-order valence-corrected chi connectivity index (χ1v) is 8.11. The third-order valence-electron chi connectivity index (χ3n) is 3.61. The molecule has 0 radical (unpaired) electrons. The third kappa shape index (κ3) is 5.53. The fourth-order valence-corrected chi connectivity index (χ4v) is 2.31. The first kappa shape index (κ1) is 19.9. The number of anilines is 1. The number of benzene rings is 2. The van der Waals surface area contributed by atoms with Crippen molar-refractivity contribution in [2.45, 2.75) is 0 Å². The zero-order valence-corrected chi connectivity index (χ0v) is 15.7. The monoisotopic (exact) mass is 373 g/mol. The number of hydrogen-bond acceptors (Lipinski definition) is 7. The number of carbonyl (C=O) groups excluding carboxylic acids is 1. The van der Waals surface area contributed by atoms with Gasteiger partial charge in [-0.1, -0.05) is 6.07 Å². The van der Waals surface area contributed by atoms with Crippen LogP contribution in [-0.4, -0.2) is 47.1 Å². The largest absolute Gasteiger partial charge is 0.497 e. The van der Waals surface area contributed by atoms with Crippen LogP contribution in [0.15, 0.2) is 41.5 Å². The molecule has 0 bridgehead atoms. The van der Waals surface area contributed by atoms with Gasteiger partial charge in [0.1, 0.15) is 5.75 Å². The molecule has 0 aliphatic rings. The van der Waals surface area contributed by atoms with E-state index >= 15 is 0 Å². The Kier molecular flexibility index (Phi) is 7.30. The summed E-state index contributed by atoms with van der Waals surface area (Å²) in [6.07, 6.45) is 1.49. The van der Waals surface area contributed by atoms with Crippen LogP contribution in [0.5, 0.6) is 23.0 Å². The van der Waals surface area contributed by atoms with Crippen LogP contribution in [0.3, 0.4) is 0 Å². The topological polar surface area (TPSA) is 90.4 Å². The van der Waals surface area contributed by atoms with Crippen molar-refractivity contribution in [2.24, 2.45) is 5.10 Å². The molecule has 0 aromatic heterocycles. The molecule has 0 aliphatic carbocycles. The average molecular weight is 373 g/mol. The summed E-state index contributed by atoms with van der Waals surface area (Å²) in [5.74, 6) is 1.92. The highest BCUT2D eigenvalue weighted by Crippen LogP contribution is 2.37. The molecular weight excluding hydrogens is 350 g/mol. The highest BCUT2D eigenvalue weighted by atomic mass is 16.5. The van der Waals surface area contributed by atoms with Gasteiger partial charge in [-0.15, -0.1) is 0 Å². The Hall–Kier alpha value is -3.42. The van der Waals surface area contributed by atoms with Crippen molar-refractivity contribution in [3.63, 3.8) is 0 Å². The van der Waals surface area contributed by atoms with E-state index in [0.29, 0.717) is 28.6 Å². The molecular formula is C19H23N3O5. The highest BCUT2D eigenvalue weighted by Gasteiger charge is 2.12. The number of ether oxygens (including phenoxy) is 4. The van der Waals surface area contributed by atoms with E-state index in [4.69, 9.17) is 18.9 Å². The summed E-state index contributed by atoms with van der Waals surface area (Å²) in [5, 5.41) is 6.95. The molecule has 0 spiro atoms. The number of hydrazone groups is 1. The quantitative estimate of drug-likeness (QED) is 0.518. The van der Waals surface area contributed by atoms with Gasteiger partial charge in [-0.25, -0.2) is 5.43 Å². The van der Waals surface area contributed by atoms with Crippen molar-refractivity contribution in [1.29, 1.82) is 0 Å². The Morgan fingerprint density at radius 1 is 1.00 bits per heavy atom. The Morgan fingerprint density at radius 3 is 2.30 bits per heavy atom. The Labute approximate surface area is 158 Å². The number of carbonyl (C=O) groups is 1. The lowest BCUT2D eigenvalue weighted by molar-refractivity contribution is -0.119. The van der Waals surface area contributed by atoms with Gasteiger partial charge in [0.2, 0.25) is 5.75 Å². The molecule has 2 rings (SSSR count). The van der Waals surface area contributed by atoms with Gasteiger partial charge >= 0.3 is 0 Å². The van der Waals surface area contributed by atoms with Gasteiger partial charge in [-0.3, -0.25) is 4.79 Å². The molecule has 27 heavy (non-hydrogen) atoms. The van der Waals surface area contributed by atoms with E-state index in [0.717, 1.165) is 5.69 Å². The maximum atomic E-state index is 11.9. The summed E-state index contributed by atoms with van der Waals surface area (Å²) >= 11 is 0. The fraction of sp³-hybridized carbons (Fsp3) is 0.263. The van der Waals surface area contributed by atoms with E-state index in [2.05, 4.69) is 15.8 Å². The summed E-state index contributed by atoms with van der Waals surface area (Å²) in [5.41, 5.74) is 3.92. The number of methoxy groups -OCH3 is 4. The molecule has 0 atom stereocenters. The first-order valence-electron chi connectivity index (χ1n) is 8.11. The minimum Gasteiger partial charge on any atom is -0.497 e. The number of hydrogen-bond donors (Lipinski definition) is 2. The van der Waals surface area contributed by atoms with Crippen LogP contribution >= 0.6 is 0 Å². The maximum Gasteiger partial charge on any atom is 0.259 e. The van der Waals surface area contributed by atoms with Crippen molar-refractivity contribution in [3.8, 4) is 23.0 Å². The zero-order valence-electron chi connectivity index (χ0n) is 15.7. The van der Waals surface area contributed by atoms with Crippen molar-refractivity contribution in [3.05, 3.63) is 42.0 Å². The summed E-state index contributed by atoms with van der Waals surface area (Å²) in [4.78, 5) is 11.9. The second-order valence-electron chi connectivity index (χ2n) is 5.34. The summed E-state index contributed by atoms with van der Waals surface area (Å²) in [6, 6.07) is 10.8. The molecule has 0 saturated heterocycles. The third-order valence-corrected chi connectivity index (χ3v) is 3.61. The molecule has 144 valence electrons. The SMILES string of the molecule is COc1cccc(NCC(=O)N/N=C\c2cc(OC)c(OC)c(OC)c2)c1. The second kappa shape index (κ2) is 9.91. The molecule has 2 N–H and O–H groups in total. The van der Waals surface area contributed by atoms with Gasteiger partial charge in [0.05, 0.1) is 41.2 Å². The van der Waals surface area contributed by atoms with Gasteiger partial charge in [-0.2, -0.15) is 5.10 Å². The van der Waals surface area contributed by atoms with Crippen LogP contribution in [0.1, 0.15) is 5.56 Å². The molecule has 8 nitrogen and oxygen atoms in total. The van der Waals surface area contributed by atoms with Crippen molar-refractivity contribution < 1.29 is 23.7 Å².